The van der Waals surface area contributed by atoms with Crippen LogP contribution in [0.25, 0.3) is 0 Å². The SMILES string of the molecule is FC(F)Oc1ccc(NC(=S)N2CCC[C@@H]2c2ccc3c(c2)OCCO3)cc1. The summed E-state index contributed by atoms with van der Waals surface area (Å²) in [5.74, 6) is 1.65. The van der Waals surface area contributed by atoms with E-state index in [-0.39, 0.29) is 11.8 Å². The Bertz CT molecular complexity index is 848. The summed E-state index contributed by atoms with van der Waals surface area (Å²) < 4.78 is 40.2. The topological polar surface area (TPSA) is 43.0 Å². The maximum absolute atomic E-state index is 12.3. The van der Waals surface area contributed by atoms with Crippen LogP contribution in [0.3, 0.4) is 0 Å². The number of thiocarbonyl (C=S) groups is 1. The van der Waals surface area contributed by atoms with E-state index in [1.54, 1.807) is 12.1 Å². The van der Waals surface area contributed by atoms with Crippen LogP contribution in [0.4, 0.5) is 14.5 Å². The van der Waals surface area contributed by atoms with E-state index < -0.39 is 6.61 Å². The number of anilines is 1. The monoisotopic (exact) mass is 406 g/mol. The lowest BCUT2D eigenvalue weighted by Crippen LogP contribution is -2.34. The Labute approximate surface area is 167 Å². The molecule has 0 aromatic heterocycles. The molecule has 2 heterocycles. The number of halogens is 2. The molecule has 0 bridgehead atoms. The maximum Gasteiger partial charge on any atom is 0.387 e. The number of hydrogen-bond acceptors (Lipinski definition) is 4. The van der Waals surface area contributed by atoms with Gasteiger partial charge in [0.05, 0.1) is 6.04 Å². The molecule has 0 radical (unpaired) electrons. The highest BCUT2D eigenvalue weighted by Crippen LogP contribution is 2.38. The van der Waals surface area contributed by atoms with Gasteiger partial charge in [-0.3, -0.25) is 0 Å². The zero-order valence-corrected chi connectivity index (χ0v) is 15.9. The maximum atomic E-state index is 12.3. The molecule has 2 aromatic carbocycles. The number of nitrogens with one attached hydrogen (secondary N) is 1. The highest BCUT2D eigenvalue weighted by Gasteiger charge is 2.29. The van der Waals surface area contributed by atoms with Gasteiger partial charge in [0.2, 0.25) is 0 Å². The molecule has 1 fully saturated rings. The van der Waals surface area contributed by atoms with Crippen LogP contribution < -0.4 is 19.5 Å². The summed E-state index contributed by atoms with van der Waals surface area (Å²) in [6, 6.07) is 12.5. The van der Waals surface area contributed by atoms with Crippen LogP contribution in [-0.4, -0.2) is 36.4 Å². The third-order valence-electron chi connectivity index (χ3n) is 4.80. The minimum Gasteiger partial charge on any atom is -0.486 e. The Kier molecular flexibility index (Phi) is 5.47. The summed E-state index contributed by atoms with van der Waals surface area (Å²) in [6.45, 7) is -0.874. The molecule has 0 saturated carbocycles. The van der Waals surface area contributed by atoms with Crippen molar-refractivity contribution in [2.24, 2.45) is 0 Å². The Morgan fingerprint density at radius 1 is 1.11 bits per heavy atom. The minimum absolute atomic E-state index is 0.113. The van der Waals surface area contributed by atoms with Crippen molar-refractivity contribution < 1.29 is 23.0 Å². The Hall–Kier alpha value is -2.61. The Balaban J connectivity index is 1.45. The number of ether oxygens (including phenoxy) is 3. The van der Waals surface area contributed by atoms with Crippen LogP contribution >= 0.6 is 12.2 Å². The van der Waals surface area contributed by atoms with E-state index in [0.29, 0.717) is 18.3 Å². The van der Waals surface area contributed by atoms with Gasteiger partial charge in [-0.15, -0.1) is 0 Å². The summed E-state index contributed by atoms with van der Waals surface area (Å²) in [5.41, 5.74) is 1.85. The molecule has 0 aliphatic carbocycles. The van der Waals surface area contributed by atoms with E-state index in [4.69, 9.17) is 21.7 Å². The molecule has 2 aromatic rings. The molecule has 0 amide bonds. The molecule has 5 nitrogen and oxygen atoms in total. The van der Waals surface area contributed by atoms with Crippen LogP contribution in [0.5, 0.6) is 17.2 Å². The number of likely N-dealkylation sites (tertiary alicyclic amines) is 1. The molecule has 0 spiro atoms. The molecule has 1 N–H and O–H groups in total. The van der Waals surface area contributed by atoms with Gasteiger partial charge in [0.1, 0.15) is 19.0 Å². The summed E-state index contributed by atoms with van der Waals surface area (Å²) in [4.78, 5) is 2.14. The largest absolute Gasteiger partial charge is 0.486 e. The quantitative estimate of drug-likeness (QED) is 0.749. The van der Waals surface area contributed by atoms with Gasteiger partial charge in [-0.25, -0.2) is 0 Å². The molecule has 28 heavy (non-hydrogen) atoms. The lowest BCUT2D eigenvalue weighted by Gasteiger charge is -2.29. The zero-order valence-electron chi connectivity index (χ0n) is 15.1. The van der Waals surface area contributed by atoms with Gasteiger partial charge in [0, 0.05) is 12.2 Å². The molecule has 2 aliphatic heterocycles. The number of nitrogens with zero attached hydrogens (tertiary/aromatic N) is 1. The Morgan fingerprint density at radius 3 is 2.61 bits per heavy atom. The lowest BCUT2D eigenvalue weighted by atomic mass is 10.0. The van der Waals surface area contributed by atoms with Crippen molar-refractivity contribution in [3.63, 3.8) is 0 Å². The third kappa shape index (κ3) is 4.11. The number of hydrogen-bond donors (Lipinski definition) is 1. The van der Waals surface area contributed by atoms with Gasteiger partial charge in [0.15, 0.2) is 16.6 Å². The fourth-order valence-corrected chi connectivity index (χ4v) is 3.87. The number of alkyl halides is 2. The number of benzene rings is 2. The summed E-state index contributed by atoms with van der Waals surface area (Å²) in [7, 11) is 0. The average molecular weight is 406 g/mol. The van der Waals surface area contributed by atoms with Gasteiger partial charge >= 0.3 is 6.61 Å². The van der Waals surface area contributed by atoms with Crippen molar-refractivity contribution in [3.05, 3.63) is 48.0 Å². The van der Waals surface area contributed by atoms with Gasteiger partial charge in [0.25, 0.3) is 0 Å². The number of fused-ring (bicyclic) bond motifs is 1. The van der Waals surface area contributed by atoms with E-state index >= 15 is 0 Å². The molecule has 0 unspecified atom stereocenters. The molecular weight excluding hydrogens is 386 g/mol. The molecule has 1 atom stereocenters. The third-order valence-corrected chi connectivity index (χ3v) is 5.13. The highest BCUT2D eigenvalue weighted by molar-refractivity contribution is 7.80. The molecular formula is C20H20F2N2O3S. The van der Waals surface area contributed by atoms with Gasteiger partial charge in [-0.05, 0) is 67.0 Å². The Morgan fingerprint density at radius 2 is 1.86 bits per heavy atom. The summed E-state index contributed by atoms with van der Waals surface area (Å²) in [5, 5.41) is 3.78. The van der Waals surface area contributed by atoms with Crippen molar-refractivity contribution in [1.29, 1.82) is 0 Å². The average Bonchev–Trinajstić information content (AvgIpc) is 3.19. The van der Waals surface area contributed by atoms with Gasteiger partial charge < -0.3 is 24.4 Å². The van der Waals surface area contributed by atoms with E-state index in [1.165, 1.54) is 12.1 Å². The highest BCUT2D eigenvalue weighted by atomic mass is 32.1. The zero-order chi connectivity index (χ0) is 19.5. The van der Waals surface area contributed by atoms with Crippen LogP contribution in [0.2, 0.25) is 0 Å². The predicted octanol–water partition coefficient (Wildman–Crippen LogP) is 4.59. The van der Waals surface area contributed by atoms with E-state index in [9.17, 15) is 8.78 Å². The fourth-order valence-electron chi connectivity index (χ4n) is 3.54. The van der Waals surface area contributed by atoms with Crippen molar-refractivity contribution in [3.8, 4) is 17.2 Å². The van der Waals surface area contributed by atoms with E-state index in [0.717, 1.165) is 42.1 Å². The first-order valence-corrected chi connectivity index (χ1v) is 9.53. The molecule has 1 saturated heterocycles. The second-order valence-corrected chi connectivity index (χ2v) is 6.97. The number of rotatable bonds is 4. The van der Waals surface area contributed by atoms with Crippen LogP contribution in [0, 0.1) is 0 Å². The van der Waals surface area contributed by atoms with E-state index in [1.807, 2.05) is 12.1 Å². The van der Waals surface area contributed by atoms with Crippen LogP contribution in [-0.2, 0) is 0 Å². The first kappa shape index (κ1) is 18.7. The molecule has 148 valence electrons. The van der Waals surface area contributed by atoms with Crippen LogP contribution in [0.1, 0.15) is 24.4 Å². The summed E-state index contributed by atoms with van der Waals surface area (Å²) >= 11 is 5.60. The van der Waals surface area contributed by atoms with Crippen molar-refractivity contribution in [2.75, 3.05) is 25.1 Å². The standard InChI is InChI=1S/C20H20F2N2O3S/c21-19(22)27-15-6-4-14(5-7-15)23-20(28)24-9-1-2-16(24)13-3-8-17-18(12-13)26-11-10-25-17/h3-8,12,16,19H,1-2,9-11H2,(H,23,28)/t16-/m1/s1. The van der Waals surface area contributed by atoms with Crippen LogP contribution in [0.15, 0.2) is 42.5 Å². The normalized spacial score (nSPS) is 18.2. The van der Waals surface area contributed by atoms with Crippen molar-refractivity contribution in [2.45, 2.75) is 25.5 Å². The molecule has 2 aliphatic rings. The predicted molar refractivity (Wildman–Crippen MR) is 105 cm³/mol. The first-order chi connectivity index (χ1) is 13.6. The molecule has 4 rings (SSSR count). The smallest absolute Gasteiger partial charge is 0.387 e. The summed E-state index contributed by atoms with van der Waals surface area (Å²) in [6.07, 6.45) is 2.02. The fraction of sp³-hybridized carbons (Fsp3) is 0.350. The molecule has 8 heteroatoms. The van der Waals surface area contributed by atoms with Gasteiger partial charge in [-0.1, -0.05) is 6.07 Å². The van der Waals surface area contributed by atoms with Gasteiger partial charge in [-0.2, -0.15) is 8.78 Å². The second-order valence-electron chi connectivity index (χ2n) is 6.59. The lowest BCUT2D eigenvalue weighted by molar-refractivity contribution is -0.0498. The minimum atomic E-state index is -2.84. The van der Waals surface area contributed by atoms with Crippen molar-refractivity contribution >= 4 is 23.0 Å². The van der Waals surface area contributed by atoms with E-state index in [2.05, 4.69) is 21.0 Å². The van der Waals surface area contributed by atoms with Crippen molar-refractivity contribution in [1.82, 2.24) is 4.90 Å². The second kappa shape index (κ2) is 8.18. The first-order valence-electron chi connectivity index (χ1n) is 9.12.